The van der Waals surface area contributed by atoms with Crippen molar-refractivity contribution in [2.45, 2.75) is 52.4 Å². The highest BCUT2D eigenvalue weighted by atomic mass is 15.1. The van der Waals surface area contributed by atoms with Crippen LogP contribution in [0.3, 0.4) is 0 Å². The molecule has 1 heteroatoms. The molecule has 0 saturated carbocycles. The normalized spacial score (nSPS) is 17.5. The lowest BCUT2D eigenvalue weighted by Gasteiger charge is -2.29. The van der Waals surface area contributed by atoms with Crippen molar-refractivity contribution in [3.8, 4) is 22.3 Å². The zero-order valence-corrected chi connectivity index (χ0v) is 26.1. The summed E-state index contributed by atoms with van der Waals surface area (Å²) in [6, 6.07) is 42.6. The molecular formula is C42H39N. The predicted octanol–water partition coefficient (Wildman–Crippen LogP) is 11.8. The van der Waals surface area contributed by atoms with Gasteiger partial charge in [0.15, 0.2) is 0 Å². The van der Waals surface area contributed by atoms with E-state index < -0.39 is 0 Å². The highest BCUT2D eigenvalue weighted by Gasteiger charge is 2.38. The number of anilines is 3. The molecule has 7 rings (SSSR count). The van der Waals surface area contributed by atoms with Crippen LogP contribution in [0.15, 0.2) is 133 Å². The van der Waals surface area contributed by atoms with Gasteiger partial charge in [0.1, 0.15) is 0 Å². The molecule has 0 aromatic heterocycles. The molecule has 0 amide bonds. The molecule has 212 valence electrons. The van der Waals surface area contributed by atoms with Crippen LogP contribution in [0, 0.1) is 0 Å². The van der Waals surface area contributed by atoms with E-state index in [0.717, 1.165) is 5.69 Å². The monoisotopic (exact) mass is 557 g/mol. The van der Waals surface area contributed by atoms with E-state index in [4.69, 9.17) is 0 Å². The van der Waals surface area contributed by atoms with E-state index in [9.17, 15) is 0 Å². The minimum absolute atomic E-state index is 0.0632. The van der Waals surface area contributed by atoms with Gasteiger partial charge < -0.3 is 4.90 Å². The van der Waals surface area contributed by atoms with Gasteiger partial charge in [-0.05, 0) is 106 Å². The Kier molecular flexibility index (Phi) is 6.32. The summed E-state index contributed by atoms with van der Waals surface area (Å²) in [5, 5.41) is 0. The van der Waals surface area contributed by atoms with Gasteiger partial charge in [-0.15, -0.1) is 0 Å². The number of fused-ring (bicyclic) bond motifs is 4. The molecule has 0 bridgehead atoms. The highest BCUT2D eigenvalue weighted by Crippen LogP contribution is 2.53. The molecule has 5 aromatic carbocycles. The molecule has 43 heavy (non-hydrogen) atoms. The lowest BCUT2D eigenvalue weighted by atomic mass is 9.81. The van der Waals surface area contributed by atoms with E-state index in [1.54, 1.807) is 0 Å². The van der Waals surface area contributed by atoms with Gasteiger partial charge >= 0.3 is 0 Å². The molecule has 0 spiro atoms. The second-order valence-corrected chi connectivity index (χ2v) is 12.9. The average Bonchev–Trinajstić information content (AvgIpc) is 3.40. The molecule has 2 aliphatic rings. The summed E-state index contributed by atoms with van der Waals surface area (Å²) in [6.07, 6.45) is 4.55. The number of rotatable bonds is 4. The Labute approximate surface area is 256 Å². The van der Waals surface area contributed by atoms with E-state index in [2.05, 4.69) is 174 Å². The molecule has 0 heterocycles. The molecule has 1 nitrogen and oxygen atoms in total. The number of allylic oxidation sites excluding steroid dienone is 4. The maximum atomic E-state index is 2.44. The maximum Gasteiger partial charge on any atom is 0.0465 e. The van der Waals surface area contributed by atoms with Gasteiger partial charge in [-0.25, -0.2) is 0 Å². The first-order valence-corrected chi connectivity index (χ1v) is 15.4. The number of benzene rings is 5. The van der Waals surface area contributed by atoms with Crippen LogP contribution in [0.4, 0.5) is 17.1 Å². The maximum absolute atomic E-state index is 2.44. The Bertz CT molecular complexity index is 1920. The van der Waals surface area contributed by atoms with E-state index in [1.165, 1.54) is 67.0 Å². The largest absolute Gasteiger partial charge is 0.310 e. The molecule has 0 fully saturated rings. The van der Waals surface area contributed by atoms with Crippen molar-refractivity contribution in [1.82, 2.24) is 0 Å². The molecule has 5 aromatic rings. The van der Waals surface area contributed by atoms with E-state index in [-0.39, 0.29) is 10.8 Å². The summed E-state index contributed by atoms with van der Waals surface area (Å²) in [4.78, 5) is 2.44. The van der Waals surface area contributed by atoms with Crippen molar-refractivity contribution in [2.75, 3.05) is 4.90 Å². The Morgan fingerprint density at radius 3 is 1.65 bits per heavy atom. The topological polar surface area (TPSA) is 3.24 Å². The predicted molar refractivity (Wildman–Crippen MR) is 185 cm³/mol. The first kappa shape index (κ1) is 27.2. The van der Waals surface area contributed by atoms with Crippen molar-refractivity contribution in [1.29, 1.82) is 0 Å². The first-order chi connectivity index (χ1) is 20.8. The van der Waals surface area contributed by atoms with Gasteiger partial charge in [0.05, 0.1) is 0 Å². The molecule has 0 radical (unpaired) electrons. The Morgan fingerprint density at radius 2 is 1.00 bits per heavy atom. The van der Waals surface area contributed by atoms with Crippen LogP contribution in [-0.2, 0) is 10.8 Å². The average molecular weight is 558 g/mol. The Hall–Kier alpha value is -4.62. The lowest BCUT2D eigenvalue weighted by Crippen LogP contribution is -2.18. The Balaban J connectivity index is 1.41. The van der Waals surface area contributed by atoms with Crippen LogP contribution >= 0.6 is 0 Å². The summed E-state index contributed by atoms with van der Waals surface area (Å²) >= 11 is 0. The standard InChI is InChI=1S/C42H39N/c1-7-33-35-24-22-31(26-39(35)41(3,4)37(33)8-2)43(30-20-18-29(19-21-30)28-14-10-9-11-15-28)32-23-25-36-34-16-12-13-17-38(34)42(5,6)40(36)27-32/h7-27H,1-6H3/b33-7-,37-8+. The second kappa shape index (κ2) is 9.99. The summed E-state index contributed by atoms with van der Waals surface area (Å²) in [5.41, 5.74) is 16.8. The molecule has 0 saturated heterocycles. The molecule has 0 N–H and O–H groups in total. The van der Waals surface area contributed by atoms with Gasteiger partial charge in [-0.1, -0.05) is 119 Å². The van der Waals surface area contributed by atoms with Crippen LogP contribution in [0.5, 0.6) is 0 Å². The molecular weight excluding hydrogens is 518 g/mol. The summed E-state index contributed by atoms with van der Waals surface area (Å²) in [7, 11) is 0. The minimum atomic E-state index is -0.0632. The minimum Gasteiger partial charge on any atom is -0.310 e. The third-order valence-corrected chi connectivity index (χ3v) is 9.82. The highest BCUT2D eigenvalue weighted by molar-refractivity contribution is 5.92. The van der Waals surface area contributed by atoms with Crippen molar-refractivity contribution in [3.63, 3.8) is 0 Å². The van der Waals surface area contributed by atoms with Crippen molar-refractivity contribution in [3.05, 3.63) is 155 Å². The fourth-order valence-corrected chi connectivity index (χ4v) is 7.59. The quantitative estimate of drug-likeness (QED) is 0.212. The lowest BCUT2D eigenvalue weighted by molar-refractivity contribution is 0.659. The smallest absolute Gasteiger partial charge is 0.0465 e. The third kappa shape index (κ3) is 4.13. The van der Waals surface area contributed by atoms with Gasteiger partial charge in [-0.2, -0.15) is 0 Å². The SMILES string of the molecule is C/C=C1\C(=C/C)c2ccc(N(c3ccc(-c4ccccc4)cc3)c3ccc4c(c3)C(C)(C)c3ccccc3-4)cc2C1(C)C. The first-order valence-electron chi connectivity index (χ1n) is 15.4. The molecule has 2 aliphatic carbocycles. The fraction of sp³-hybridized carbons (Fsp3) is 0.190. The van der Waals surface area contributed by atoms with Crippen LogP contribution in [0.2, 0.25) is 0 Å². The van der Waals surface area contributed by atoms with Gasteiger partial charge in [0.2, 0.25) is 0 Å². The molecule has 0 aliphatic heterocycles. The number of hydrogen-bond acceptors (Lipinski definition) is 1. The zero-order chi connectivity index (χ0) is 29.9. The fourth-order valence-electron chi connectivity index (χ4n) is 7.59. The van der Waals surface area contributed by atoms with E-state index in [0.29, 0.717) is 0 Å². The Morgan fingerprint density at radius 1 is 0.465 bits per heavy atom. The number of nitrogens with zero attached hydrogens (tertiary/aromatic N) is 1. The van der Waals surface area contributed by atoms with E-state index in [1.807, 2.05) is 0 Å². The third-order valence-electron chi connectivity index (χ3n) is 9.82. The van der Waals surface area contributed by atoms with Crippen molar-refractivity contribution < 1.29 is 0 Å². The molecule has 0 unspecified atom stereocenters. The van der Waals surface area contributed by atoms with Gasteiger partial charge in [0, 0.05) is 27.9 Å². The summed E-state index contributed by atoms with van der Waals surface area (Å²) < 4.78 is 0. The van der Waals surface area contributed by atoms with Crippen molar-refractivity contribution >= 4 is 22.6 Å². The van der Waals surface area contributed by atoms with Crippen LogP contribution < -0.4 is 4.90 Å². The second-order valence-electron chi connectivity index (χ2n) is 12.9. The summed E-state index contributed by atoms with van der Waals surface area (Å²) in [5.74, 6) is 0. The van der Waals surface area contributed by atoms with Gasteiger partial charge in [0.25, 0.3) is 0 Å². The van der Waals surface area contributed by atoms with Crippen LogP contribution in [-0.4, -0.2) is 0 Å². The van der Waals surface area contributed by atoms with E-state index >= 15 is 0 Å². The molecule has 0 atom stereocenters. The van der Waals surface area contributed by atoms with Crippen LogP contribution in [0.25, 0.3) is 27.8 Å². The van der Waals surface area contributed by atoms with Crippen molar-refractivity contribution in [2.24, 2.45) is 0 Å². The zero-order valence-electron chi connectivity index (χ0n) is 26.1. The van der Waals surface area contributed by atoms with Gasteiger partial charge in [-0.3, -0.25) is 0 Å². The van der Waals surface area contributed by atoms with Crippen LogP contribution in [0.1, 0.15) is 63.8 Å². The summed E-state index contributed by atoms with van der Waals surface area (Å²) in [6.45, 7) is 13.7. The number of hydrogen-bond donors (Lipinski definition) is 0.